The van der Waals surface area contributed by atoms with Crippen LogP contribution < -0.4 is 5.32 Å². The number of nitrogens with one attached hydrogen (secondary N) is 1. The Balaban J connectivity index is 2.22. The minimum atomic E-state index is 0.641. The summed E-state index contributed by atoms with van der Waals surface area (Å²) in [5.41, 5.74) is 2.59. The summed E-state index contributed by atoms with van der Waals surface area (Å²) in [6, 6.07) is 6.17. The van der Waals surface area contributed by atoms with Crippen molar-refractivity contribution in [2.24, 2.45) is 7.05 Å². The Morgan fingerprint density at radius 1 is 1.44 bits per heavy atom. The summed E-state index contributed by atoms with van der Waals surface area (Å²) in [5, 5.41) is 5.57. The van der Waals surface area contributed by atoms with Crippen LogP contribution in [0.3, 0.4) is 0 Å². The van der Waals surface area contributed by atoms with Crippen LogP contribution in [0.2, 0.25) is 5.02 Å². The zero-order valence-electron chi connectivity index (χ0n) is 9.33. The maximum Gasteiger partial charge on any atom is 0.0669 e. The number of hydrogen-bond acceptors (Lipinski definition) is 1. The van der Waals surface area contributed by atoms with Crippen molar-refractivity contribution < 1.29 is 0 Å². The lowest BCUT2D eigenvalue weighted by Crippen LogP contribution is -2.07. The summed E-state index contributed by atoms with van der Waals surface area (Å²) in [6.45, 7) is 2.22. The average molecular weight is 235 g/mol. The Hall–Kier alpha value is -0.990. The molecule has 2 nitrogen and oxygen atoms in total. The zero-order valence-corrected chi connectivity index (χ0v) is 10.1. The van der Waals surface area contributed by atoms with Gasteiger partial charge in [-0.3, -0.25) is 0 Å². The van der Waals surface area contributed by atoms with E-state index in [4.69, 9.17) is 11.6 Å². The molecule has 0 radical (unpaired) electrons. The Bertz CT molecular complexity index is 524. The zero-order chi connectivity index (χ0) is 11.1. The van der Waals surface area contributed by atoms with E-state index in [2.05, 4.69) is 29.2 Å². The maximum absolute atomic E-state index is 6.25. The van der Waals surface area contributed by atoms with Gasteiger partial charge in [-0.1, -0.05) is 23.7 Å². The Morgan fingerprint density at radius 3 is 3.06 bits per heavy atom. The molecule has 1 fully saturated rings. The maximum atomic E-state index is 6.25. The minimum absolute atomic E-state index is 0.641. The van der Waals surface area contributed by atoms with Crippen molar-refractivity contribution in [2.45, 2.75) is 12.3 Å². The molecular formula is C13H15ClN2. The van der Waals surface area contributed by atoms with E-state index in [0.29, 0.717) is 5.92 Å². The van der Waals surface area contributed by atoms with E-state index in [0.717, 1.165) is 23.6 Å². The highest BCUT2D eigenvalue weighted by atomic mass is 35.5. The largest absolute Gasteiger partial charge is 0.349 e. The van der Waals surface area contributed by atoms with Gasteiger partial charge in [-0.25, -0.2) is 0 Å². The van der Waals surface area contributed by atoms with Gasteiger partial charge < -0.3 is 9.88 Å². The average Bonchev–Trinajstić information content (AvgIpc) is 2.86. The molecule has 1 saturated heterocycles. The molecule has 84 valence electrons. The molecule has 1 atom stereocenters. The lowest BCUT2D eigenvalue weighted by molar-refractivity contribution is 0.763. The summed E-state index contributed by atoms with van der Waals surface area (Å²) < 4.78 is 2.14. The number of fused-ring (bicyclic) bond motifs is 1. The van der Waals surface area contributed by atoms with Crippen LogP contribution in [0.15, 0.2) is 24.4 Å². The fourth-order valence-corrected chi connectivity index (χ4v) is 3.00. The van der Waals surface area contributed by atoms with Crippen LogP contribution in [-0.4, -0.2) is 17.7 Å². The van der Waals surface area contributed by atoms with Gasteiger partial charge >= 0.3 is 0 Å². The van der Waals surface area contributed by atoms with Crippen LogP contribution in [-0.2, 0) is 7.05 Å². The summed E-state index contributed by atoms with van der Waals surface area (Å²) in [6.07, 6.45) is 3.46. The third kappa shape index (κ3) is 1.45. The van der Waals surface area contributed by atoms with E-state index >= 15 is 0 Å². The SMILES string of the molecule is Cn1cc(C2CCNC2)c2cccc(Cl)c21. The molecule has 0 saturated carbocycles. The van der Waals surface area contributed by atoms with Crippen molar-refractivity contribution in [1.29, 1.82) is 0 Å². The van der Waals surface area contributed by atoms with Gasteiger partial charge in [0.25, 0.3) is 0 Å². The van der Waals surface area contributed by atoms with Crippen LogP contribution in [0.5, 0.6) is 0 Å². The highest BCUT2D eigenvalue weighted by Gasteiger charge is 2.21. The number of rotatable bonds is 1. The predicted molar refractivity (Wildman–Crippen MR) is 68.2 cm³/mol. The third-order valence-corrected chi connectivity index (χ3v) is 3.79. The number of hydrogen-bond donors (Lipinski definition) is 1. The van der Waals surface area contributed by atoms with E-state index in [1.165, 1.54) is 17.4 Å². The van der Waals surface area contributed by atoms with Gasteiger partial charge in [-0.15, -0.1) is 0 Å². The fourth-order valence-electron chi connectivity index (χ4n) is 2.69. The number of nitrogens with zero attached hydrogens (tertiary/aromatic N) is 1. The monoisotopic (exact) mass is 234 g/mol. The standard InChI is InChI=1S/C13H15ClN2/c1-16-8-11(9-5-6-15-7-9)10-3-2-4-12(14)13(10)16/h2-4,8-9,15H,5-7H2,1H3. The highest BCUT2D eigenvalue weighted by Crippen LogP contribution is 2.33. The molecule has 16 heavy (non-hydrogen) atoms. The van der Waals surface area contributed by atoms with Gasteiger partial charge in [0.2, 0.25) is 0 Å². The Kier molecular flexibility index (Phi) is 2.41. The van der Waals surface area contributed by atoms with Crippen LogP contribution in [0, 0.1) is 0 Å². The topological polar surface area (TPSA) is 17.0 Å². The number of halogens is 1. The van der Waals surface area contributed by atoms with Crippen molar-refractivity contribution in [3.63, 3.8) is 0 Å². The van der Waals surface area contributed by atoms with Crippen molar-refractivity contribution in [2.75, 3.05) is 13.1 Å². The van der Waals surface area contributed by atoms with E-state index in [1.54, 1.807) is 0 Å². The molecular weight excluding hydrogens is 220 g/mol. The van der Waals surface area contributed by atoms with Gasteiger partial charge in [-0.2, -0.15) is 0 Å². The summed E-state index contributed by atoms with van der Waals surface area (Å²) in [5.74, 6) is 0.641. The van der Waals surface area contributed by atoms with Crippen LogP contribution in [0.4, 0.5) is 0 Å². The second-order valence-electron chi connectivity index (χ2n) is 4.52. The molecule has 0 amide bonds. The molecule has 0 bridgehead atoms. The molecule has 1 aliphatic rings. The van der Waals surface area contributed by atoms with Crippen LogP contribution in [0.25, 0.3) is 10.9 Å². The first kappa shape index (κ1) is 10.2. The lowest BCUT2D eigenvalue weighted by atomic mass is 9.98. The van der Waals surface area contributed by atoms with Gasteiger partial charge in [0.15, 0.2) is 0 Å². The second-order valence-corrected chi connectivity index (χ2v) is 4.93. The highest BCUT2D eigenvalue weighted by molar-refractivity contribution is 6.35. The smallest absolute Gasteiger partial charge is 0.0669 e. The molecule has 1 N–H and O–H groups in total. The third-order valence-electron chi connectivity index (χ3n) is 3.48. The normalized spacial score (nSPS) is 20.8. The Labute approximate surface area is 100 Å². The van der Waals surface area contributed by atoms with E-state index in [9.17, 15) is 0 Å². The minimum Gasteiger partial charge on any atom is -0.349 e. The molecule has 3 heteroatoms. The molecule has 0 spiro atoms. The molecule has 0 aliphatic carbocycles. The van der Waals surface area contributed by atoms with Gasteiger partial charge in [0.05, 0.1) is 10.5 Å². The van der Waals surface area contributed by atoms with E-state index in [-0.39, 0.29) is 0 Å². The summed E-state index contributed by atoms with van der Waals surface area (Å²) in [4.78, 5) is 0. The lowest BCUT2D eigenvalue weighted by Gasteiger charge is -2.06. The molecule has 1 aromatic carbocycles. The van der Waals surface area contributed by atoms with Crippen LogP contribution in [0.1, 0.15) is 17.9 Å². The second kappa shape index (κ2) is 3.79. The molecule has 3 rings (SSSR count). The molecule has 1 unspecified atom stereocenters. The summed E-state index contributed by atoms with van der Waals surface area (Å²) >= 11 is 6.25. The first-order valence-electron chi connectivity index (χ1n) is 5.71. The van der Waals surface area contributed by atoms with E-state index < -0.39 is 0 Å². The number of aryl methyl sites for hydroxylation is 1. The molecule has 2 heterocycles. The first-order chi connectivity index (χ1) is 7.77. The van der Waals surface area contributed by atoms with Gasteiger partial charge in [0.1, 0.15) is 0 Å². The molecule has 2 aromatic rings. The van der Waals surface area contributed by atoms with Crippen molar-refractivity contribution in [1.82, 2.24) is 9.88 Å². The molecule has 1 aromatic heterocycles. The first-order valence-corrected chi connectivity index (χ1v) is 6.09. The fraction of sp³-hybridized carbons (Fsp3) is 0.385. The van der Waals surface area contributed by atoms with Crippen molar-refractivity contribution in [3.05, 3.63) is 35.0 Å². The van der Waals surface area contributed by atoms with Gasteiger partial charge in [0, 0.05) is 25.2 Å². The van der Waals surface area contributed by atoms with Crippen LogP contribution >= 0.6 is 11.6 Å². The van der Waals surface area contributed by atoms with Crippen molar-refractivity contribution >= 4 is 22.5 Å². The van der Waals surface area contributed by atoms with E-state index in [1.807, 2.05) is 12.1 Å². The quantitative estimate of drug-likeness (QED) is 0.803. The predicted octanol–water partition coefficient (Wildman–Crippen LogP) is 2.91. The van der Waals surface area contributed by atoms with Gasteiger partial charge in [-0.05, 0) is 30.5 Å². The number of para-hydroxylation sites is 1. The summed E-state index contributed by atoms with van der Waals surface area (Å²) in [7, 11) is 2.07. The molecule has 1 aliphatic heterocycles. The van der Waals surface area contributed by atoms with Crippen molar-refractivity contribution in [3.8, 4) is 0 Å². The number of aromatic nitrogens is 1. The number of benzene rings is 1. The Morgan fingerprint density at radius 2 is 2.31 bits per heavy atom.